The number of hydrogen-bond acceptors (Lipinski definition) is 8. The van der Waals surface area contributed by atoms with E-state index in [1.165, 1.54) is 17.3 Å². The summed E-state index contributed by atoms with van der Waals surface area (Å²) in [5, 5.41) is 10.1. The maximum atomic E-state index is 14.8. The summed E-state index contributed by atoms with van der Waals surface area (Å²) in [4.78, 5) is 17.4. The first-order valence-corrected chi connectivity index (χ1v) is 13.4. The molecule has 0 aliphatic carbocycles. The van der Waals surface area contributed by atoms with Crippen molar-refractivity contribution in [2.75, 3.05) is 29.7 Å². The molecule has 2 N–H and O–H groups in total. The Kier molecular flexibility index (Phi) is 7.63. The summed E-state index contributed by atoms with van der Waals surface area (Å²) >= 11 is 0. The lowest BCUT2D eigenvalue weighted by molar-refractivity contribution is -0.130. The second-order valence-electron chi connectivity index (χ2n) is 9.27. The van der Waals surface area contributed by atoms with Crippen LogP contribution in [-0.2, 0) is 23.0 Å². The van der Waals surface area contributed by atoms with E-state index in [1.807, 2.05) is 13.8 Å². The highest BCUT2D eigenvalue weighted by Gasteiger charge is 2.34. The van der Waals surface area contributed by atoms with Crippen molar-refractivity contribution >= 4 is 33.4 Å². The monoisotopic (exact) mass is 557 g/mol. The molecule has 0 unspecified atom stereocenters. The van der Waals surface area contributed by atoms with Crippen molar-refractivity contribution in [2.45, 2.75) is 39.4 Å². The van der Waals surface area contributed by atoms with Crippen LogP contribution in [0.1, 0.15) is 41.8 Å². The Morgan fingerprint density at radius 1 is 1.21 bits per heavy atom. The van der Waals surface area contributed by atoms with Crippen molar-refractivity contribution in [3.8, 4) is 0 Å². The van der Waals surface area contributed by atoms with Gasteiger partial charge in [0.15, 0.2) is 11.7 Å². The molecule has 0 saturated carbocycles. The Hall–Kier alpha value is -3.30. The number of fused-ring (bicyclic) bond motifs is 1. The number of aromatic nitrogens is 1. The van der Waals surface area contributed by atoms with E-state index >= 15 is 0 Å². The van der Waals surface area contributed by atoms with Crippen LogP contribution in [-0.4, -0.2) is 60.1 Å². The minimum absolute atomic E-state index is 0.0638. The van der Waals surface area contributed by atoms with E-state index in [-0.39, 0.29) is 36.8 Å². The van der Waals surface area contributed by atoms with Gasteiger partial charge in [0.2, 0.25) is 10.0 Å². The minimum Gasteiger partial charge on any atom is -0.306 e. The molecule has 15 heteroatoms. The zero-order valence-electron chi connectivity index (χ0n) is 20.9. The van der Waals surface area contributed by atoms with Gasteiger partial charge in [0.1, 0.15) is 11.6 Å². The molecular weight excluding hydrogens is 530 g/mol. The number of nitrogens with one attached hydrogen (secondary N) is 2. The van der Waals surface area contributed by atoms with E-state index in [0.29, 0.717) is 22.8 Å². The quantitative estimate of drug-likeness (QED) is 0.503. The first kappa shape index (κ1) is 27.7. The van der Waals surface area contributed by atoms with E-state index in [4.69, 9.17) is 0 Å². The Bertz CT molecular complexity index is 1370. The third kappa shape index (κ3) is 6.22. The minimum atomic E-state index is -4.61. The third-order valence-corrected chi connectivity index (χ3v) is 7.81. The largest absolute Gasteiger partial charge is 0.390 e. The van der Waals surface area contributed by atoms with E-state index in [9.17, 15) is 30.8 Å². The summed E-state index contributed by atoms with van der Waals surface area (Å²) in [5.41, 5.74) is 3.50. The van der Waals surface area contributed by atoms with E-state index in [2.05, 4.69) is 20.9 Å². The van der Waals surface area contributed by atoms with Gasteiger partial charge >= 0.3 is 6.18 Å². The third-order valence-electron chi connectivity index (χ3n) is 6.00. The lowest BCUT2D eigenvalue weighted by atomic mass is 9.97. The van der Waals surface area contributed by atoms with E-state index in [0.717, 1.165) is 10.4 Å². The number of rotatable bonds is 7. The summed E-state index contributed by atoms with van der Waals surface area (Å²) in [6, 6.07) is 7.27. The fourth-order valence-corrected chi connectivity index (χ4v) is 5.55. The average Bonchev–Trinajstić information content (AvgIpc) is 3.24. The molecule has 3 heterocycles. The van der Waals surface area contributed by atoms with Gasteiger partial charge in [0.05, 0.1) is 17.7 Å². The van der Waals surface area contributed by atoms with Crippen molar-refractivity contribution in [3.63, 3.8) is 0 Å². The molecule has 38 heavy (non-hydrogen) atoms. The molecule has 2 aliphatic rings. The summed E-state index contributed by atoms with van der Waals surface area (Å²) in [7, 11) is -2.48. The van der Waals surface area contributed by atoms with Gasteiger partial charge in [-0.1, -0.05) is 19.9 Å². The molecule has 2 aliphatic heterocycles. The molecule has 0 atom stereocenters. The van der Waals surface area contributed by atoms with Gasteiger partial charge in [-0.2, -0.15) is 17.5 Å². The van der Waals surface area contributed by atoms with Crippen LogP contribution in [0.5, 0.6) is 0 Å². The molecule has 1 aromatic heterocycles. The van der Waals surface area contributed by atoms with Crippen molar-refractivity contribution < 1.29 is 30.8 Å². The number of hydrazine groups is 2. The maximum absolute atomic E-state index is 14.8. The van der Waals surface area contributed by atoms with Crippen molar-refractivity contribution in [1.82, 2.24) is 19.9 Å². The molecule has 0 fully saturated rings. The van der Waals surface area contributed by atoms with Gasteiger partial charge in [-0.3, -0.25) is 4.79 Å². The predicted molar refractivity (Wildman–Crippen MR) is 133 cm³/mol. The number of anilines is 2. The van der Waals surface area contributed by atoms with Crippen molar-refractivity contribution in [1.29, 1.82) is 0 Å². The van der Waals surface area contributed by atoms with E-state index < -0.39 is 40.1 Å². The van der Waals surface area contributed by atoms with Crippen LogP contribution in [0.3, 0.4) is 0 Å². The second kappa shape index (κ2) is 10.5. The molecule has 1 aromatic carbocycles. The van der Waals surface area contributed by atoms with E-state index in [1.54, 1.807) is 24.2 Å². The van der Waals surface area contributed by atoms with Crippen LogP contribution in [0.2, 0.25) is 0 Å². The predicted octanol–water partition coefficient (Wildman–Crippen LogP) is 3.25. The highest BCUT2D eigenvalue weighted by atomic mass is 32.2. The molecule has 2 aromatic rings. The highest BCUT2D eigenvalue weighted by molar-refractivity contribution is 7.89. The number of nitrogens with zero attached hydrogens (tertiary/aromatic N) is 5. The normalized spacial score (nSPS) is 16.6. The van der Waals surface area contributed by atoms with Crippen molar-refractivity contribution in [3.05, 3.63) is 52.8 Å². The summed E-state index contributed by atoms with van der Waals surface area (Å²) < 4.78 is 78.3. The SMILES string of the molecule is CC(C)C1=NN(C)NN1c1cccc(NC(=O)c2cc3c(cc2F)CCN(S(=O)(=O)CCC(F)(F)F)C3)n1. The van der Waals surface area contributed by atoms with Gasteiger partial charge in [-0.25, -0.2) is 27.9 Å². The maximum Gasteiger partial charge on any atom is 0.390 e. The second-order valence-corrected chi connectivity index (χ2v) is 11.4. The van der Waals surface area contributed by atoms with Gasteiger partial charge in [-0.05, 0) is 41.8 Å². The fourth-order valence-electron chi connectivity index (χ4n) is 4.10. The number of hydrogen-bond donors (Lipinski definition) is 2. The molecule has 0 radical (unpaired) electrons. The first-order valence-electron chi connectivity index (χ1n) is 11.8. The number of amides is 1. The smallest absolute Gasteiger partial charge is 0.306 e. The van der Waals surface area contributed by atoms with Crippen LogP contribution >= 0.6 is 0 Å². The Morgan fingerprint density at radius 3 is 2.63 bits per heavy atom. The van der Waals surface area contributed by atoms with Crippen LogP contribution in [0, 0.1) is 11.7 Å². The zero-order chi connectivity index (χ0) is 27.8. The number of benzene rings is 1. The molecular formula is C23H27F4N7O3S. The average molecular weight is 558 g/mol. The molecule has 4 rings (SSSR count). The van der Waals surface area contributed by atoms with Gasteiger partial charge in [-0.15, -0.1) is 10.6 Å². The van der Waals surface area contributed by atoms with Gasteiger partial charge in [0.25, 0.3) is 5.91 Å². The topological polar surface area (TPSA) is 110 Å². The lowest BCUT2D eigenvalue weighted by Crippen LogP contribution is -2.43. The Labute approximate surface area is 217 Å². The molecule has 0 spiro atoms. The number of sulfonamides is 1. The number of pyridine rings is 1. The number of carbonyl (C=O) groups excluding carboxylic acids is 1. The summed E-state index contributed by atoms with van der Waals surface area (Å²) in [5.74, 6) is -1.36. The van der Waals surface area contributed by atoms with Crippen LogP contribution in [0.25, 0.3) is 0 Å². The Balaban J connectivity index is 1.51. The zero-order valence-corrected chi connectivity index (χ0v) is 21.7. The number of carbonyl (C=O) groups is 1. The summed E-state index contributed by atoms with van der Waals surface area (Å²) in [6.45, 7) is 3.59. The summed E-state index contributed by atoms with van der Waals surface area (Å²) in [6.07, 6.45) is -5.96. The fraction of sp³-hybridized carbons (Fsp3) is 0.435. The number of amidine groups is 1. The Morgan fingerprint density at radius 2 is 1.95 bits per heavy atom. The van der Waals surface area contributed by atoms with Gasteiger partial charge < -0.3 is 5.32 Å². The van der Waals surface area contributed by atoms with Crippen LogP contribution < -0.4 is 15.9 Å². The lowest BCUT2D eigenvalue weighted by Gasteiger charge is -2.28. The van der Waals surface area contributed by atoms with Crippen LogP contribution in [0.4, 0.5) is 29.2 Å². The number of hydrazone groups is 1. The molecule has 10 nitrogen and oxygen atoms in total. The molecule has 0 bridgehead atoms. The highest BCUT2D eigenvalue weighted by Crippen LogP contribution is 2.27. The van der Waals surface area contributed by atoms with Crippen molar-refractivity contribution in [2.24, 2.45) is 11.0 Å². The molecule has 0 saturated heterocycles. The number of halogens is 4. The molecule has 1 amide bonds. The number of alkyl halides is 3. The molecule has 206 valence electrons. The standard InChI is InChI=1S/C23H27F4N7O3S/c1-14(2)21-30-32(3)31-34(21)20-6-4-5-19(28-20)29-22(35)17-11-16-13-33(9-7-15(16)12-18(17)24)38(36,37)10-8-23(25,26)27/h4-6,11-12,14,31H,7-10,13H2,1-3H3,(H,28,29,35). The van der Waals surface area contributed by atoms with Crippen LogP contribution in [0.15, 0.2) is 35.4 Å². The van der Waals surface area contributed by atoms with Gasteiger partial charge in [0, 0.05) is 26.1 Å². The first-order chi connectivity index (χ1) is 17.7.